The molecule has 3 nitrogen and oxygen atoms in total. The summed E-state index contributed by atoms with van der Waals surface area (Å²) in [5.74, 6) is -0.590. The molecular weight excluding hydrogens is 192 g/mol. The first-order valence-electron chi connectivity index (χ1n) is 5.66. The first kappa shape index (κ1) is 12.7. The third kappa shape index (κ3) is 3.30. The fraction of sp³-hybridized carbons (Fsp3) is 0.833. The van der Waals surface area contributed by atoms with E-state index in [-0.39, 0.29) is 12.2 Å². The van der Waals surface area contributed by atoms with E-state index in [2.05, 4.69) is 13.5 Å². The largest absolute Gasteiger partial charge is 0.386 e. The zero-order valence-electron chi connectivity index (χ0n) is 9.90. The monoisotopic (exact) mass is 214 g/mol. The van der Waals surface area contributed by atoms with Crippen LogP contribution in [0.15, 0.2) is 12.7 Å². The molecule has 1 rings (SSSR count). The highest BCUT2D eigenvalue weighted by atomic mass is 16.8. The van der Waals surface area contributed by atoms with Crippen molar-refractivity contribution in [1.82, 2.24) is 0 Å². The van der Waals surface area contributed by atoms with Crippen LogP contribution < -0.4 is 0 Å². The minimum absolute atomic E-state index is 0.0204. The van der Waals surface area contributed by atoms with Crippen LogP contribution in [0.4, 0.5) is 0 Å². The molecule has 0 aliphatic carbocycles. The third-order valence-corrected chi connectivity index (χ3v) is 2.64. The maximum absolute atomic E-state index is 9.74. The Morgan fingerprint density at radius 1 is 1.47 bits per heavy atom. The van der Waals surface area contributed by atoms with Gasteiger partial charge in [-0.25, -0.2) is 0 Å². The van der Waals surface area contributed by atoms with Gasteiger partial charge in [0.05, 0.1) is 6.10 Å². The first-order chi connectivity index (χ1) is 7.00. The zero-order valence-corrected chi connectivity index (χ0v) is 9.90. The number of ether oxygens (including phenoxy) is 2. The molecule has 1 aliphatic rings. The van der Waals surface area contributed by atoms with Crippen molar-refractivity contribution in [1.29, 1.82) is 0 Å². The Bertz CT molecular complexity index is 213. The van der Waals surface area contributed by atoms with Gasteiger partial charge in [0.25, 0.3) is 0 Å². The Morgan fingerprint density at radius 2 is 2.13 bits per heavy atom. The average molecular weight is 214 g/mol. The molecule has 1 heterocycles. The van der Waals surface area contributed by atoms with E-state index in [0.717, 1.165) is 19.3 Å². The SMILES string of the molecule is C=C[C@@H](O)[C@@H]1OC(C)(C)O[C@H]1CCCC. The molecule has 88 valence electrons. The lowest BCUT2D eigenvalue weighted by atomic mass is 10.0. The number of rotatable bonds is 5. The Labute approximate surface area is 92.1 Å². The van der Waals surface area contributed by atoms with E-state index in [4.69, 9.17) is 9.47 Å². The minimum Gasteiger partial charge on any atom is -0.386 e. The van der Waals surface area contributed by atoms with E-state index in [1.54, 1.807) is 0 Å². The van der Waals surface area contributed by atoms with Crippen LogP contribution in [0.5, 0.6) is 0 Å². The molecule has 0 amide bonds. The van der Waals surface area contributed by atoms with Crippen molar-refractivity contribution in [3.05, 3.63) is 12.7 Å². The van der Waals surface area contributed by atoms with Gasteiger partial charge in [-0.15, -0.1) is 6.58 Å². The second-order valence-corrected chi connectivity index (χ2v) is 4.51. The van der Waals surface area contributed by atoms with Gasteiger partial charge in [0.1, 0.15) is 12.2 Å². The highest BCUT2D eigenvalue weighted by Gasteiger charge is 2.43. The maximum Gasteiger partial charge on any atom is 0.163 e. The highest BCUT2D eigenvalue weighted by Crippen LogP contribution is 2.32. The summed E-state index contributed by atoms with van der Waals surface area (Å²) in [6.45, 7) is 9.47. The Morgan fingerprint density at radius 3 is 2.67 bits per heavy atom. The van der Waals surface area contributed by atoms with Crippen molar-refractivity contribution in [2.24, 2.45) is 0 Å². The smallest absolute Gasteiger partial charge is 0.163 e. The Balaban J connectivity index is 2.61. The number of aliphatic hydroxyl groups is 1. The van der Waals surface area contributed by atoms with Gasteiger partial charge in [0.2, 0.25) is 0 Å². The molecule has 0 bridgehead atoms. The van der Waals surface area contributed by atoms with E-state index in [0.29, 0.717) is 0 Å². The summed E-state index contributed by atoms with van der Waals surface area (Å²) in [5.41, 5.74) is 0. The number of unbranched alkanes of at least 4 members (excludes halogenated alkanes) is 1. The molecule has 0 aromatic carbocycles. The lowest BCUT2D eigenvalue weighted by Gasteiger charge is -2.19. The lowest BCUT2D eigenvalue weighted by Crippen LogP contribution is -2.33. The van der Waals surface area contributed by atoms with E-state index in [1.165, 1.54) is 6.08 Å². The summed E-state index contributed by atoms with van der Waals surface area (Å²) in [5, 5.41) is 9.74. The zero-order chi connectivity index (χ0) is 11.5. The molecule has 0 radical (unpaired) electrons. The standard InChI is InChI=1S/C12H22O3/c1-5-7-8-10-11(9(13)6-2)15-12(3,4)14-10/h6,9-11,13H,2,5,7-8H2,1,3-4H3/t9-,10+,11+/m1/s1. The number of aliphatic hydroxyl groups excluding tert-OH is 1. The van der Waals surface area contributed by atoms with Gasteiger partial charge in [-0.2, -0.15) is 0 Å². The number of hydrogen-bond acceptors (Lipinski definition) is 3. The summed E-state index contributed by atoms with van der Waals surface area (Å²) < 4.78 is 11.4. The van der Waals surface area contributed by atoms with E-state index < -0.39 is 11.9 Å². The molecule has 1 fully saturated rings. The third-order valence-electron chi connectivity index (χ3n) is 2.64. The first-order valence-corrected chi connectivity index (χ1v) is 5.66. The molecule has 0 aromatic rings. The molecule has 3 heteroatoms. The second-order valence-electron chi connectivity index (χ2n) is 4.51. The fourth-order valence-electron chi connectivity index (χ4n) is 1.92. The predicted molar refractivity (Wildman–Crippen MR) is 59.6 cm³/mol. The molecule has 0 saturated carbocycles. The molecule has 1 N–H and O–H groups in total. The lowest BCUT2D eigenvalue weighted by molar-refractivity contribution is -0.152. The van der Waals surface area contributed by atoms with Crippen molar-refractivity contribution in [3.8, 4) is 0 Å². The Kier molecular flexibility index (Phi) is 4.32. The van der Waals surface area contributed by atoms with Gasteiger partial charge in [0, 0.05) is 0 Å². The summed E-state index contributed by atoms with van der Waals surface area (Å²) >= 11 is 0. The van der Waals surface area contributed by atoms with Crippen molar-refractivity contribution >= 4 is 0 Å². The van der Waals surface area contributed by atoms with E-state index in [9.17, 15) is 5.11 Å². The molecule has 1 saturated heterocycles. The van der Waals surface area contributed by atoms with Gasteiger partial charge in [-0.1, -0.05) is 25.8 Å². The Hall–Kier alpha value is -0.380. The van der Waals surface area contributed by atoms with E-state index in [1.807, 2.05) is 13.8 Å². The summed E-state index contributed by atoms with van der Waals surface area (Å²) in [4.78, 5) is 0. The fourth-order valence-corrected chi connectivity index (χ4v) is 1.92. The molecule has 15 heavy (non-hydrogen) atoms. The van der Waals surface area contributed by atoms with Crippen molar-refractivity contribution in [2.45, 2.75) is 64.1 Å². The minimum atomic E-state index is -0.645. The average Bonchev–Trinajstić information content (AvgIpc) is 2.49. The van der Waals surface area contributed by atoms with Gasteiger partial charge in [-0.3, -0.25) is 0 Å². The van der Waals surface area contributed by atoms with Gasteiger partial charge in [-0.05, 0) is 20.3 Å². The summed E-state index contributed by atoms with van der Waals surface area (Å²) in [7, 11) is 0. The molecule has 0 unspecified atom stereocenters. The summed E-state index contributed by atoms with van der Waals surface area (Å²) in [6.07, 6.45) is 3.71. The van der Waals surface area contributed by atoms with Crippen LogP contribution in [0.3, 0.4) is 0 Å². The normalized spacial score (nSPS) is 31.5. The molecule has 3 atom stereocenters. The summed E-state index contributed by atoms with van der Waals surface area (Å²) in [6, 6.07) is 0. The van der Waals surface area contributed by atoms with Gasteiger partial charge >= 0.3 is 0 Å². The van der Waals surface area contributed by atoms with Crippen molar-refractivity contribution in [2.75, 3.05) is 0 Å². The van der Waals surface area contributed by atoms with Gasteiger partial charge in [0.15, 0.2) is 5.79 Å². The predicted octanol–water partition coefficient (Wildman–Crippen LogP) is 2.24. The van der Waals surface area contributed by atoms with Crippen molar-refractivity contribution < 1.29 is 14.6 Å². The topological polar surface area (TPSA) is 38.7 Å². The highest BCUT2D eigenvalue weighted by molar-refractivity contribution is 4.94. The second kappa shape index (κ2) is 5.10. The van der Waals surface area contributed by atoms with Crippen LogP contribution in [0, 0.1) is 0 Å². The van der Waals surface area contributed by atoms with Crippen LogP contribution in [-0.2, 0) is 9.47 Å². The number of hydrogen-bond donors (Lipinski definition) is 1. The molecule has 0 spiro atoms. The van der Waals surface area contributed by atoms with E-state index >= 15 is 0 Å². The van der Waals surface area contributed by atoms with Crippen molar-refractivity contribution in [3.63, 3.8) is 0 Å². The van der Waals surface area contributed by atoms with Gasteiger partial charge < -0.3 is 14.6 Å². The molecule has 0 aromatic heterocycles. The van der Waals surface area contributed by atoms with Crippen LogP contribution in [0.2, 0.25) is 0 Å². The van der Waals surface area contributed by atoms with Crippen LogP contribution in [0.1, 0.15) is 40.0 Å². The molecule has 1 aliphatic heterocycles. The quantitative estimate of drug-likeness (QED) is 0.713. The van der Waals surface area contributed by atoms with Crippen LogP contribution in [0.25, 0.3) is 0 Å². The van der Waals surface area contributed by atoms with Crippen LogP contribution in [-0.4, -0.2) is 29.2 Å². The maximum atomic E-state index is 9.74. The van der Waals surface area contributed by atoms with Crippen LogP contribution >= 0.6 is 0 Å². The molecular formula is C12H22O3.